The van der Waals surface area contributed by atoms with Crippen molar-refractivity contribution in [1.29, 1.82) is 0 Å². The lowest BCUT2D eigenvalue weighted by Crippen LogP contribution is -2.42. The van der Waals surface area contributed by atoms with E-state index in [2.05, 4.69) is 22.0 Å². The number of rotatable bonds is 2. The van der Waals surface area contributed by atoms with Crippen LogP contribution in [0.5, 0.6) is 0 Å². The summed E-state index contributed by atoms with van der Waals surface area (Å²) in [7, 11) is 0. The van der Waals surface area contributed by atoms with Gasteiger partial charge in [0.2, 0.25) is 0 Å². The fourth-order valence-corrected chi connectivity index (χ4v) is 3.56. The molecular formula is C20H18N6O. The molecule has 1 amide bonds. The zero-order chi connectivity index (χ0) is 18.5. The topological polar surface area (TPSA) is 68.3 Å². The van der Waals surface area contributed by atoms with Crippen molar-refractivity contribution >= 4 is 17.2 Å². The maximum Gasteiger partial charge on any atom is 0.277 e. The average molecular weight is 358 g/mol. The van der Waals surface area contributed by atoms with Crippen molar-refractivity contribution in [3.63, 3.8) is 0 Å². The van der Waals surface area contributed by atoms with Crippen LogP contribution in [0.25, 0.3) is 16.9 Å². The van der Waals surface area contributed by atoms with Gasteiger partial charge in [-0.3, -0.25) is 14.5 Å². The van der Waals surface area contributed by atoms with Gasteiger partial charge in [-0.1, -0.05) is 17.7 Å². The third-order valence-corrected chi connectivity index (χ3v) is 5.01. The predicted molar refractivity (Wildman–Crippen MR) is 102 cm³/mol. The summed E-state index contributed by atoms with van der Waals surface area (Å²) in [5.74, 6) is -0.0584. The molecule has 0 N–H and O–H groups in total. The van der Waals surface area contributed by atoms with E-state index in [1.807, 2.05) is 57.6 Å². The summed E-state index contributed by atoms with van der Waals surface area (Å²) in [6.07, 6.45) is 8.89. The van der Waals surface area contributed by atoms with Crippen molar-refractivity contribution < 1.29 is 4.79 Å². The highest BCUT2D eigenvalue weighted by Crippen LogP contribution is 2.32. The third kappa shape index (κ3) is 2.43. The second-order valence-electron chi connectivity index (χ2n) is 6.92. The van der Waals surface area contributed by atoms with Crippen molar-refractivity contribution in [2.24, 2.45) is 0 Å². The van der Waals surface area contributed by atoms with Crippen LogP contribution in [0.2, 0.25) is 0 Å². The summed E-state index contributed by atoms with van der Waals surface area (Å²) < 4.78 is 3.70. The summed E-state index contributed by atoms with van der Waals surface area (Å²) in [5, 5.41) is 4.48. The molecule has 134 valence electrons. The number of imidazole rings is 1. The summed E-state index contributed by atoms with van der Waals surface area (Å²) in [6, 6.07) is 8.09. The molecular weight excluding hydrogens is 340 g/mol. The van der Waals surface area contributed by atoms with Gasteiger partial charge in [-0.05, 0) is 26.0 Å². The smallest absolute Gasteiger partial charge is 0.277 e. The Morgan fingerprint density at radius 1 is 1.11 bits per heavy atom. The molecule has 4 heterocycles. The van der Waals surface area contributed by atoms with Crippen LogP contribution >= 0.6 is 0 Å². The van der Waals surface area contributed by atoms with Gasteiger partial charge in [0.1, 0.15) is 5.69 Å². The Hall–Kier alpha value is -3.48. The van der Waals surface area contributed by atoms with E-state index in [1.54, 1.807) is 18.6 Å². The molecule has 0 saturated carbocycles. The van der Waals surface area contributed by atoms with Crippen LogP contribution in [0.1, 0.15) is 29.0 Å². The Bertz CT molecular complexity index is 1160. The fraction of sp³-hybridized carbons (Fsp3) is 0.200. The van der Waals surface area contributed by atoms with Gasteiger partial charge < -0.3 is 9.30 Å². The maximum absolute atomic E-state index is 13.3. The van der Waals surface area contributed by atoms with E-state index in [1.165, 1.54) is 5.56 Å². The fourth-order valence-electron chi connectivity index (χ4n) is 3.56. The number of carbonyl (C=O) groups is 1. The molecule has 0 aliphatic carbocycles. The predicted octanol–water partition coefficient (Wildman–Crippen LogP) is 3.12. The monoisotopic (exact) mass is 358 g/mol. The molecule has 1 aliphatic heterocycles. The molecule has 0 spiro atoms. The van der Waals surface area contributed by atoms with Crippen molar-refractivity contribution in [3.05, 3.63) is 66.5 Å². The number of aromatic nitrogens is 5. The van der Waals surface area contributed by atoms with Crippen LogP contribution < -0.4 is 4.90 Å². The number of nitrogens with zero attached hydrogens (tertiary/aromatic N) is 6. The Kier molecular flexibility index (Phi) is 3.36. The minimum Gasteiger partial charge on any atom is -0.305 e. The molecule has 1 atom stereocenters. The molecule has 0 bridgehead atoms. The minimum absolute atomic E-state index is 0.0584. The van der Waals surface area contributed by atoms with Crippen LogP contribution in [0.15, 0.2) is 55.2 Å². The zero-order valence-corrected chi connectivity index (χ0v) is 15.1. The van der Waals surface area contributed by atoms with Crippen LogP contribution in [-0.4, -0.2) is 36.6 Å². The Balaban J connectivity index is 1.62. The molecule has 0 unspecified atom stereocenters. The first-order chi connectivity index (χ1) is 13.1. The van der Waals surface area contributed by atoms with Crippen molar-refractivity contribution in [3.8, 4) is 11.3 Å². The molecule has 4 aromatic rings. The molecule has 5 rings (SSSR count). The first-order valence-electron chi connectivity index (χ1n) is 8.87. The largest absolute Gasteiger partial charge is 0.305 e. The van der Waals surface area contributed by atoms with Crippen molar-refractivity contribution in [2.45, 2.75) is 19.9 Å². The Morgan fingerprint density at radius 2 is 1.93 bits per heavy atom. The van der Waals surface area contributed by atoms with E-state index >= 15 is 0 Å². The van der Waals surface area contributed by atoms with E-state index in [-0.39, 0.29) is 11.9 Å². The second kappa shape index (κ2) is 5.77. The van der Waals surface area contributed by atoms with Crippen LogP contribution in [-0.2, 0) is 0 Å². The van der Waals surface area contributed by atoms with E-state index in [0.29, 0.717) is 17.9 Å². The molecule has 3 aromatic heterocycles. The molecule has 27 heavy (non-hydrogen) atoms. The highest BCUT2D eigenvalue weighted by molar-refractivity contribution is 6.09. The van der Waals surface area contributed by atoms with Gasteiger partial charge in [0.25, 0.3) is 5.91 Å². The van der Waals surface area contributed by atoms with Crippen LogP contribution in [0.3, 0.4) is 0 Å². The van der Waals surface area contributed by atoms with Gasteiger partial charge in [0.15, 0.2) is 5.65 Å². The second-order valence-corrected chi connectivity index (χ2v) is 6.92. The van der Waals surface area contributed by atoms with Gasteiger partial charge in [-0.15, -0.1) is 0 Å². The highest BCUT2D eigenvalue weighted by Gasteiger charge is 2.34. The van der Waals surface area contributed by atoms with E-state index in [0.717, 1.165) is 16.9 Å². The molecule has 1 aliphatic rings. The first-order valence-corrected chi connectivity index (χ1v) is 8.87. The number of benzene rings is 1. The van der Waals surface area contributed by atoms with Gasteiger partial charge in [-0.2, -0.15) is 5.10 Å². The van der Waals surface area contributed by atoms with Crippen molar-refractivity contribution in [2.75, 3.05) is 11.4 Å². The lowest BCUT2D eigenvalue weighted by Gasteiger charge is -2.32. The SMILES string of the molecule is Cc1ccc(N2C[C@H](C)n3ncc(-c4cn5ccnc5cn4)c3C2=O)cc1. The summed E-state index contributed by atoms with van der Waals surface area (Å²) >= 11 is 0. The normalized spacial score (nSPS) is 16.7. The number of anilines is 1. The average Bonchev–Trinajstić information content (AvgIpc) is 3.32. The number of hydrogen-bond donors (Lipinski definition) is 0. The van der Waals surface area contributed by atoms with Gasteiger partial charge in [-0.25, -0.2) is 4.98 Å². The van der Waals surface area contributed by atoms with E-state index in [4.69, 9.17) is 0 Å². The quantitative estimate of drug-likeness (QED) is 0.552. The molecule has 0 fully saturated rings. The number of amides is 1. The third-order valence-electron chi connectivity index (χ3n) is 5.01. The summed E-state index contributed by atoms with van der Waals surface area (Å²) in [5.41, 5.74) is 4.84. The van der Waals surface area contributed by atoms with E-state index in [9.17, 15) is 4.79 Å². The molecule has 7 nitrogen and oxygen atoms in total. The maximum atomic E-state index is 13.3. The standard InChI is InChI=1S/C20H18N6O/c1-13-3-5-15(6-4-13)25-11-14(2)26-19(20(25)27)16(9-23-26)17-12-24-8-7-21-18(24)10-22-17/h3-10,12,14H,11H2,1-2H3/t14-/m0/s1. The van der Waals surface area contributed by atoms with Crippen LogP contribution in [0, 0.1) is 6.92 Å². The highest BCUT2D eigenvalue weighted by atomic mass is 16.2. The molecule has 0 radical (unpaired) electrons. The van der Waals surface area contributed by atoms with Crippen LogP contribution in [0.4, 0.5) is 5.69 Å². The van der Waals surface area contributed by atoms with E-state index < -0.39 is 0 Å². The lowest BCUT2D eigenvalue weighted by atomic mass is 10.1. The summed E-state index contributed by atoms with van der Waals surface area (Å²) in [4.78, 5) is 23.9. The molecule has 0 saturated heterocycles. The summed E-state index contributed by atoms with van der Waals surface area (Å²) in [6.45, 7) is 4.69. The molecule has 7 heteroatoms. The Morgan fingerprint density at radius 3 is 2.74 bits per heavy atom. The zero-order valence-electron chi connectivity index (χ0n) is 15.1. The first kappa shape index (κ1) is 15.7. The van der Waals surface area contributed by atoms with Gasteiger partial charge >= 0.3 is 0 Å². The number of aryl methyl sites for hydroxylation is 1. The number of fused-ring (bicyclic) bond motifs is 2. The number of carbonyl (C=O) groups excluding carboxylic acids is 1. The van der Waals surface area contributed by atoms with Crippen molar-refractivity contribution in [1.82, 2.24) is 24.1 Å². The Labute approximate surface area is 155 Å². The molecule has 1 aromatic carbocycles. The minimum atomic E-state index is -0.0584. The van der Waals surface area contributed by atoms with Gasteiger partial charge in [0.05, 0.1) is 29.7 Å². The van der Waals surface area contributed by atoms with Gasteiger partial charge in [0, 0.05) is 30.8 Å². The lowest BCUT2D eigenvalue weighted by molar-refractivity contribution is 0.0954. The number of hydrogen-bond acceptors (Lipinski definition) is 4.